The maximum Gasteiger partial charge on any atom is 0.246 e. The van der Waals surface area contributed by atoms with Gasteiger partial charge in [0.05, 0.1) is 12.3 Å². The zero-order valence-corrected chi connectivity index (χ0v) is 11.6. The third-order valence-corrected chi connectivity index (χ3v) is 3.38. The van der Waals surface area contributed by atoms with Crippen molar-refractivity contribution in [2.45, 2.75) is 18.4 Å². The van der Waals surface area contributed by atoms with Crippen molar-refractivity contribution in [3.63, 3.8) is 0 Å². The molecule has 0 saturated heterocycles. The number of aryl methyl sites for hydroxylation is 1. The van der Waals surface area contributed by atoms with Crippen molar-refractivity contribution in [1.29, 1.82) is 0 Å². The molecule has 0 N–H and O–H groups in total. The Bertz CT molecular complexity index is 544. The Kier molecular flexibility index (Phi) is 4.51. The molecule has 2 heterocycles. The first-order valence-electron chi connectivity index (χ1n) is 5.71. The second-order valence-electron chi connectivity index (χ2n) is 3.96. The van der Waals surface area contributed by atoms with Crippen LogP contribution in [0.4, 0.5) is 0 Å². The number of rotatable bonds is 5. The predicted octanol–water partition coefficient (Wildman–Crippen LogP) is 1.52. The van der Waals surface area contributed by atoms with Gasteiger partial charge in [-0.25, -0.2) is 0 Å². The van der Waals surface area contributed by atoms with E-state index in [0.29, 0.717) is 24.0 Å². The summed E-state index contributed by atoms with van der Waals surface area (Å²) in [6, 6.07) is 3.75. The Morgan fingerprint density at radius 3 is 2.79 bits per heavy atom. The fourth-order valence-electron chi connectivity index (χ4n) is 1.39. The lowest BCUT2D eigenvalue weighted by atomic mass is 10.5. The van der Waals surface area contributed by atoms with E-state index in [-0.39, 0.29) is 5.91 Å². The van der Waals surface area contributed by atoms with Crippen molar-refractivity contribution in [2.75, 3.05) is 12.8 Å². The first-order valence-corrected chi connectivity index (χ1v) is 6.69. The number of carbonyl (C=O) groups is 1. The van der Waals surface area contributed by atoms with E-state index >= 15 is 0 Å². The number of hydrogen-bond acceptors (Lipinski definition) is 6. The largest absolute Gasteiger partial charge is 0.337 e. The van der Waals surface area contributed by atoms with Crippen LogP contribution < -0.4 is 0 Å². The Hall–Kier alpha value is -1.89. The van der Waals surface area contributed by atoms with Crippen LogP contribution in [-0.4, -0.2) is 38.7 Å². The van der Waals surface area contributed by atoms with Crippen LogP contribution in [0.3, 0.4) is 0 Å². The number of thioether (sulfide) groups is 1. The number of pyridine rings is 1. The van der Waals surface area contributed by atoms with Gasteiger partial charge in [-0.2, -0.15) is 4.98 Å². The molecule has 0 bridgehead atoms. The molecule has 100 valence electrons. The smallest absolute Gasteiger partial charge is 0.246 e. The van der Waals surface area contributed by atoms with Crippen LogP contribution in [0.2, 0.25) is 0 Å². The minimum absolute atomic E-state index is 0.0117. The van der Waals surface area contributed by atoms with Gasteiger partial charge in [0.2, 0.25) is 11.8 Å². The van der Waals surface area contributed by atoms with E-state index < -0.39 is 0 Å². The highest BCUT2D eigenvalue weighted by molar-refractivity contribution is 8.00. The van der Waals surface area contributed by atoms with E-state index in [4.69, 9.17) is 4.52 Å². The van der Waals surface area contributed by atoms with Crippen molar-refractivity contribution >= 4 is 17.7 Å². The fraction of sp³-hybridized carbons (Fsp3) is 0.333. The summed E-state index contributed by atoms with van der Waals surface area (Å²) in [5.74, 6) is 1.40. The number of amides is 1. The zero-order valence-electron chi connectivity index (χ0n) is 10.7. The van der Waals surface area contributed by atoms with Gasteiger partial charge in [0.1, 0.15) is 0 Å². The molecule has 0 atom stereocenters. The normalized spacial score (nSPS) is 10.4. The molecule has 0 aliphatic carbocycles. The molecule has 2 aromatic rings. The number of aromatic nitrogens is 3. The van der Waals surface area contributed by atoms with E-state index in [1.807, 2.05) is 12.1 Å². The van der Waals surface area contributed by atoms with Gasteiger partial charge >= 0.3 is 0 Å². The van der Waals surface area contributed by atoms with Crippen LogP contribution in [-0.2, 0) is 11.3 Å². The van der Waals surface area contributed by atoms with Gasteiger partial charge in [0.25, 0.3) is 0 Å². The van der Waals surface area contributed by atoms with Gasteiger partial charge in [-0.05, 0) is 19.1 Å². The molecule has 0 aliphatic heterocycles. The van der Waals surface area contributed by atoms with Crippen LogP contribution in [0.1, 0.15) is 11.7 Å². The van der Waals surface area contributed by atoms with E-state index in [2.05, 4.69) is 15.1 Å². The molecule has 0 aromatic carbocycles. The second kappa shape index (κ2) is 6.33. The highest BCUT2D eigenvalue weighted by atomic mass is 32.2. The Labute approximate surface area is 115 Å². The summed E-state index contributed by atoms with van der Waals surface area (Å²) >= 11 is 1.47. The molecule has 0 spiro atoms. The molecule has 6 nitrogen and oxygen atoms in total. The average molecular weight is 278 g/mol. The topological polar surface area (TPSA) is 72.1 Å². The third-order valence-electron chi connectivity index (χ3n) is 2.38. The van der Waals surface area contributed by atoms with Gasteiger partial charge in [0.15, 0.2) is 5.82 Å². The van der Waals surface area contributed by atoms with Crippen molar-refractivity contribution in [3.05, 3.63) is 36.2 Å². The van der Waals surface area contributed by atoms with Gasteiger partial charge in [-0.3, -0.25) is 9.78 Å². The van der Waals surface area contributed by atoms with Crippen molar-refractivity contribution in [3.8, 4) is 0 Å². The number of nitrogens with zero attached hydrogens (tertiary/aromatic N) is 4. The predicted molar refractivity (Wildman–Crippen MR) is 70.5 cm³/mol. The Morgan fingerprint density at radius 2 is 2.16 bits per heavy atom. The summed E-state index contributed by atoms with van der Waals surface area (Å²) in [5.41, 5.74) is 0. The lowest BCUT2D eigenvalue weighted by molar-refractivity contribution is -0.127. The zero-order chi connectivity index (χ0) is 13.7. The maximum absolute atomic E-state index is 11.9. The SMILES string of the molecule is Cc1noc(CN(C)C(=O)CSc2ccncc2)n1. The average Bonchev–Trinajstić information content (AvgIpc) is 2.82. The summed E-state index contributed by atoms with van der Waals surface area (Å²) in [4.78, 5) is 22.5. The molecule has 2 aromatic heterocycles. The second-order valence-corrected chi connectivity index (χ2v) is 5.01. The standard InChI is InChI=1S/C12H14N4O2S/c1-9-14-11(18-15-9)7-16(2)12(17)8-19-10-3-5-13-6-4-10/h3-6H,7-8H2,1-2H3. The van der Waals surface area contributed by atoms with E-state index in [0.717, 1.165) is 4.90 Å². The molecule has 0 radical (unpaired) electrons. The van der Waals surface area contributed by atoms with Crippen molar-refractivity contribution < 1.29 is 9.32 Å². The lowest BCUT2D eigenvalue weighted by Crippen LogP contribution is -2.27. The molecule has 0 saturated carbocycles. The minimum Gasteiger partial charge on any atom is -0.337 e. The summed E-state index contributed by atoms with van der Waals surface area (Å²) in [5, 5.41) is 3.69. The van der Waals surface area contributed by atoms with Crippen LogP contribution in [0, 0.1) is 6.92 Å². The van der Waals surface area contributed by atoms with Gasteiger partial charge in [-0.1, -0.05) is 5.16 Å². The third kappa shape index (κ3) is 4.06. The lowest BCUT2D eigenvalue weighted by Gasteiger charge is -2.14. The molecule has 0 aliphatic rings. The van der Waals surface area contributed by atoms with Gasteiger partial charge in [-0.15, -0.1) is 11.8 Å². The van der Waals surface area contributed by atoms with Gasteiger partial charge in [0, 0.05) is 24.3 Å². The van der Waals surface area contributed by atoms with Crippen LogP contribution in [0.15, 0.2) is 33.9 Å². The molecule has 0 unspecified atom stereocenters. The summed E-state index contributed by atoms with van der Waals surface area (Å²) < 4.78 is 4.98. The maximum atomic E-state index is 11.9. The fourth-order valence-corrected chi connectivity index (χ4v) is 2.21. The molecule has 0 fully saturated rings. The molecular formula is C12H14N4O2S. The van der Waals surface area contributed by atoms with E-state index in [9.17, 15) is 4.79 Å². The molecule has 1 amide bonds. The van der Waals surface area contributed by atoms with Crippen LogP contribution >= 0.6 is 11.8 Å². The minimum atomic E-state index is 0.0117. The number of hydrogen-bond donors (Lipinski definition) is 0. The highest BCUT2D eigenvalue weighted by Crippen LogP contribution is 2.16. The quantitative estimate of drug-likeness (QED) is 0.772. The molecule has 2 rings (SSSR count). The Balaban J connectivity index is 1.82. The van der Waals surface area contributed by atoms with Gasteiger partial charge < -0.3 is 9.42 Å². The summed E-state index contributed by atoms with van der Waals surface area (Å²) in [6.45, 7) is 2.07. The van der Waals surface area contributed by atoms with Crippen molar-refractivity contribution in [1.82, 2.24) is 20.0 Å². The first kappa shape index (κ1) is 13.5. The molecular weight excluding hydrogens is 264 g/mol. The van der Waals surface area contributed by atoms with Crippen molar-refractivity contribution in [2.24, 2.45) is 0 Å². The first-order chi connectivity index (χ1) is 9.15. The van der Waals surface area contributed by atoms with E-state index in [1.54, 1.807) is 31.3 Å². The summed E-state index contributed by atoms with van der Waals surface area (Å²) in [6.07, 6.45) is 3.41. The molecule has 19 heavy (non-hydrogen) atoms. The molecule has 7 heteroatoms. The van der Waals surface area contributed by atoms with E-state index in [1.165, 1.54) is 11.8 Å². The Morgan fingerprint density at radius 1 is 1.42 bits per heavy atom. The number of carbonyl (C=O) groups excluding carboxylic acids is 1. The van der Waals surface area contributed by atoms with Crippen LogP contribution in [0.25, 0.3) is 0 Å². The summed E-state index contributed by atoms with van der Waals surface area (Å²) in [7, 11) is 1.72. The highest BCUT2D eigenvalue weighted by Gasteiger charge is 2.13. The monoisotopic (exact) mass is 278 g/mol. The van der Waals surface area contributed by atoms with Crippen LogP contribution in [0.5, 0.6) is 0 Å².